The second-order valence-electron chi connectivity index (χ2n) is 5.49. The SMILES string of the molecule is Cc1ccc2c(ccn2[C@H](C)C(C)(C)O)c1C. The van der Waals surface area contributed by atoms with Crippen LogP contribution >= 0.6 is 0 Å². The lowest BCUT2D eigenvalue weighted by Crippen LogP contribution is -2.30. The number of hydrogen-bond acceptors (Lipinski definition) is 1. The molecule has 0 saturated carbocycles. The van der Waals surface area contributed by atoms with E-state index < -0.39 is 5.60 Å². The van der Waals surface area contributed by atoms with Gasteiger partial charge in [0, 0.05) is 17.1 Å². The molecule has 2 nitrogen and oxygen atoms in total. The molecule has 1 heterocycles. The maximum absolute atomic E-state index is 10.1. The van der Waals surface area contributed by atoms with Gasteiger partial charge in [-0.3, -0.25) is 0 Å². The molecule has 0 unspecified atom stereocenters. The monoisotopic (exact) mass is 231 g/mol. The minimum absolute atomic E-state index is 0.0575. The van der Waals surface area contributed by atoms with Crippen LogP contribution in [0.5, 0.6) is 0 Å². The lowest BCUT2D eigenvalue weighted by atomic mass is 10.00. The van der Waals surface area contributed by atoms with E-state index in [-0.39, 0.29) is 6.04 Å². The first-order valence-electron chi connectivity index (χ1n) is 6.11. The van der Waals surface area contributed by atoms with E-state index in [1.165, 1.54) is 22.0 Å². The molecule has 0 radical (unpaired) electrons. The fourth-order valence-electron chi connectivity index (χ4n) is 2.17. The molecule has 2 aromatic rings. The van der Waals surface area contributed by atoms with Crippen LogP contribution in [0.2, 0.25) is 0 Å². The summed E-state index contributed by atoms with van der Waals surface area (Å²) < 4.78 is 2.15. The second kappa shape index (κ2) is 3.88. The molecule has 0 aliphatic heterocycles. The number of nitrogens with zero attached hydrogens (tertiary/aromatic N) is 1. The van der Waals surface area contributed by atoms with Gasteiger partial charge in [0.05, 0.1) is 11.6 Å². The highest BCUT2D eigenvalue weighted by Gasteiger charge is 2.24. The van der Waals surface area contributed by atoms with Crippen LogP contribution in [0.3, 0.4) is 0 Å². The normalized spacial score (nSPS) is 14.2. The number of benzene rings is 1. The van der Waals surface area contributed by atoms with Gasteiger partial charge in [0.25, 0.3) is 0 Å². The molecular weight excluding hydrogens is 210 g/mol. The Hall–Kier alpha value is -1.28. The molecule has 0 aliphatic rings. The van der Waals surface area contributed by atoms with Crippen LogP contribution in [0.4, 0.5) is 0 Å². The third-order valence-electron chi connectivity index (χ3n) is 3.88. The van der Waals surface area contributed by atoms with E-state index in [2.05, 4.69) is 49.7 Å². The highest BCUT2D eigenvalue weighted by molar-refractivity contribution is 5.84. The highest BCUT2D eigenvalue weighted by Crippen LogP contribution is 2.29. The Morgan fingerprint density at radius 1 is 1.18 bits per heavy atom. The second-order valence-corrected chi connectivity index (χ2v) is 5.49. The average molecular weight is 231 g/mol. The predicted octanol–water partition coefficient (Wildman–Crippen LogP) is 3.59. The van der Waals surface area contributed by atoms with Crippen LogP contribution in [-0.4, -0.2) is 15.3 Å². The van der Waals surface area contributed by atoms with E-state index >= 15 is 0 Å². The smallest absolute Gasteiger partial charge is 0.0795 e. The molecule has 0 amide bonds. The van der Waals surface area contributed by atoms with Crippen molar-refractivity contribution in [2.75, 3.05) is 0 Å². The fraction of sp³-hybridized carbons (Fsp3) is 0.467. The number of aromatic nitrogens is 1. The Morgan fingerprint density at radius 3 is 2.41 bits per heavy atom. The molecule has 0 spiro atoms. The standard InChI is InChI=1S/C15H21NO/c1-10-6-7-14-13(11(10)2)8-9-16(14)12(3)15(4,5)17/h6-9,12,17H,1-5H3/t12-/m1/s1. The van der Waals surface area contributed by atoms with E-state index in [0.29, 0.717) is 0 Å². The van der Waals surface area contributed by atoms with Crippen LogP contribution in [-0.2, 0) is 0 Å². The van der Waals surface area contributed by atoms with E-state index in [9.17, 15) is 5.11 Å². The zero-order chi connectivity index (χ0) is 12.8. The third-order valence-corrected chi connectivity index (χ3v) is 3.88. The zero-order valence-electron chi connectivity index (χ0n) is 11.3. The lowest BCUT2D eigenvalue weighted by Gasteiger charge is -2.28. The van der Waals surface area contributed by atoms with Crippen LogP contribution < -0.4 is 0 Å². The summed E-state index contributed by atoms with van der Waals surface area (Å²) in [5.74, 6) is 0. The summed E-state index contributed by atoms with van der Waals surface area (Å²) in [6.07, 6.45) is 2.07. The lowest BCUT2D eigenvalue weighted by molar-refractivity contribution is 0.0322. The minimum Gasteiger partial charge on any atom is -0.388 e. The van der Waals surface area contributed by atoms with Gasteiger partial charge < -0.3 is 9.67 Å². The first-order valence-corrected chi connectivity index (χ1v) is 6.11. The Kier molecular flexibility index (Phi) is 2.78. The maximum atomic E-state index is 10.1. The molecule has 0 aliphatic carbocycles. The quantitative estimate of drug-likeness (QED) is 0.839. The molecule has 1 aromatic heterocycles. The van der Waals surface area contributed by atoms with Gasteiger partial charge >= 0.3 is 0 Å². The summed E-state index contributed by atoms with van der Waals surface area (Å²) in [5.41, 5.74) is 3.11. The van der Waals surface area contributed by atoms with Crippen molar-refractivity contribution in [3.8, 4) is 0 Å². The topological polar surface area (TPSA) is 25.2 Å². The molecular formula is C15H21NO. The molecule has 92 valence electrons. The van der Waals surface area contributed by atoms with Gasteiger partial charge in [-0.05, 0) is 57.9 Å². The molecule has 0 saturated heterocycles. The van der Waals surface area contributed by atoms with Crippen molar-refractivity contribution in [1.29, 1.82) is 0 Å². The molecule has 0 bridgehead atoms. The van der Waals surface area contributed by atoms with Crippen molar-refractivity contribution in [1.82, 2.24) is 4.57 Å². The number of fused-ring (bicyclic) bond motifs is 1. The molecule has 1 atom stereocenters. The molecule has 0 fully saturated rings. The summed E-state index contributed by atoms with van der Waals surface area (Å²) in [4.78, 5) is 0. The molecule has 1 N–H and O–H groups in total. The van der Waals surface area contributed by atoms with E-state index in [0.717, 1.165) is 0 Å². The number of hydrogen-bond donors (Lipinski definition) is 1. The Bertz CT molecular complexity index is 546. The largest absolute Gasteiger partial charge is 0.388 e. The van der Waals surface area contributed by atoms with Gasteiger partial charge in [-0.15, -0.1) is 0 Å². The van der Waals surface area contributed by atoms with Gasteiger partial charge in [-0.25, -0.2) is 0 Å². The predicted molar refractivity (Wildman–Crippen MR) is 72.4 cm³/mol. The summed E-state index contributed by atoms with van der Waals surface area (Å²) in [5, 5.41) is 11.4. The van der Waals surface area contributed by atoms with Crippen molar-refractivity contribution in [2.45, 2.75) is 46.3 Å². The van der Waals surface area contributed by atoms with Crippen LogP contribution in [0.1, 0.15) is 37.9 Å². The zero-order valence-corrected chi connectivity index (χ0v) is 11.3. The summed E-state index contributed by atoms with van der Waals surface area (Å²) >= 11 is 0. The fourth-order valence-corrected chi connectivity index (χ4v) is 2.17. The van der Waals surface area contributed by atoms with Crippen molar-refractivity contribution in [3.05, 3.63) is 35.5 Å². The summed E-state index contributed by atoms with van der Waals surface area (Å²) in [6.45, 7) is 10.0. The maximum Gasteiger partial charge on any atom is 0.0795 e. The van der Waals surface area contributed by atoms with Crippen LogP contribution in [0.15, 0.2) is 24.4 Å². The number of rotatable bonds is 2. The first kappa shape index (κ1) is 12.2. The van der Waals surface area contributed by atoms with Gasteiger partial charge in [0.2, 0.25) is 0 Å². The van der Waals surface area contributed by atoms with E-state index in [1.807, 2.05) is 13.8 Å². The summed E-state index contributed by atoms with van der Waals surface area (Å²) in [6, 6.07) is 6.48. The van der Waals surface area contributed by atoms with E-state index in [4.69, 9.17) is 0 Å². The van der Waals surface area contributed by atoms with Crippen LogP contribution in [0.25, 0.3) is 10.9 Å². The Balaban J connectivity index is 2.62. The van der Waals surface area contributed by atoms with Crippen molar-refractivity contribution in [2.24, 2.45) is 0 Å². The van der Waals surface area contributed by atoms with Crippen LogP contribution in [0, 0.1) is 13.8 Å². The highest BCUT2D eigenvalue weighted by atomic mass is 16.3. The molecule has 2 rings (SSSR count). The number of aliphatic hydroxyl groups is 1. The number of aryl methyl sites for hydroxylation is 2. The van der Waals surface area contributed by atoms with Crippen molar-refractivity contribution >= 4 is 10.9 Å². The van der Waals surface area contributed by atoms with Gasteiger partial charge in [0.1, 0.15) is 0 Å². The van der Waals surface area contributed by atoms with Gasteiger partial charge in [0.15, 0.2) is 0 Å². The Morgan fingerprint density at radius 2 is 1.82 bits per heavy atom. The molecule has 1 aromatic carbocycles. The molecule has 17 heavy (non-hydrogen) atoms. The van der Waals surface area contributed by atoms with Crippen molar-refractivity contribution < 1.29 is 5.11 Å². The van der Waals surface area contributed by atoms with Gasteiger partial charge in [-0.1, -0.05) is 6.07 Å². The summed E-state index contributed by atoms with van der Waals surface area (Å²) in [7, 11) is 0. The van der Waals surface area contributed by atoms with Gasteiger partial charge in [-0.2, -0.15) is 0 Å². The Labute approximate surface area is 103 Å². The first-order chi connectivity index (χ1) is 7.82. The van der Waals surface area contributed by atoms with Crippen molar-refractivity contribution in [3.63, 3.8) is 0 Å². The average Bonchev–Trinajstić information content (AvgIpc) is 2.65. The third kappa shape index (κ3) is 1.98. The molecule has 2 heteroatoms. The van der Waals surface area contributed by atoms with E-state index in [1.54, 1.807) is 0 Å². The minimum atomic E-state index is -0.718.